The maximum Gasteiger partial charge on any atom is 0.249 e. The largest absolute Gasteiger partial charge is 0.324 e. The van der Waals surface area contributed by atoms with E-state index in [0.29, 0.717) is 17.7 Å². The highest BCUT2D eigenvalue weighted by atomic mass is 79.9. The molecule has 1 N–H and O–H groups in total. The summed E-state index contributed by atoms with van der Waals surface area (Å²) in [7, 11) is 0. The minimum Gasteiger partial charge on any atom is -0.324 e. The molecule has 0 aliphatic rings. The molecule has 2 rings (SSSR count). The summed E-state index contributed by atoms with van der Waals surface area (Å²) >= 11 is 3.32. The summed E-state index contributed by atoms with van der Waals surface area (Å²) in [6.07, 6.45) is 4.05. The smallest absolute Gasteiger partial charge is 0.249 e. The Morgan fingerprint density at radius 3 is 2.48 bits per heavy atom. The number of aromatic nitrogens is 2. The summed E-state index contributed by atoms with van der Waals surface area (Å²) in [5.41, 5.74) is 1.28. The second-order valence-corrected chi connectivity index (χ2v) is 5.60. The molecule has 1 atom stereocenters. The van der Waals surface area contributed by atoms with Crippen LogP contribution >= 0.6 is 15.9 Å². The zero-order valence-corrected chi connectivity index (χ0v) is 13.4. The average Bonchev–Trinajstić information content (AvgIpc) is 2.86. The lowest BCUT2D eigenvalue weighted by Crippen LogP contribution is -2.25. The Bertz CT molecular complexity index is 649. The standard InChI is InChI=1S/C15H16BrN3O2/c1-3-14(19-9-12(16)8-17-19)15(21)18-13-6-4-11(5-7-13)10(2)20/h4-9,14H,3H2,1-2H3,(H,18,21). The van der Waals surface area contributed by atoms with E-state index in [4.69, 9.17) is 0 Å². The maximum atomic E-state index is 12.3. The highest BCUT2D eigenvalue weighted by molar-refractivity contribution is 9.10. The molecule has 0 radical (unpaired) electrons. The average molecular weight is 350 g/mol. The van der Waals surface area contributed by atoms with Gasteiger partial charge in [0.2, 0.25) is 5.91 Å². The second kappa shape index (κ2) is 6.67. The van der Waals surface area contributed by atoms with Gasteiger partial charge in [-0.2, -0.15) is 5.10 Å². The molecular formula is C15H16BrN3O2. The Balaban J connectivity index is 2.10. The lowest BCUT2D eigenvalue weighted by molar-refractivity contribution is -0.119. The molecule has 1 heterocycles. The number of nitrogens with zero attached hydrogens (tertiary/aromatic N) is 2. The number of amides is 1. The molecule has 110 valence electrons. The van der Waals surface area contributed by atoms with Crippen LogP contribution in [-0.2, 0) is 4.79 Å². The van der Waals surface area contributed by atoms with E-state index >= 15 is 0 Å². The number of carbonyl (C=O) groups is 2. The van der Waals surface area contributed by atoms with Gasteiger partial charge in [-0.05, 0) is 53.5 Å². The van der Waals surface area contributed by atoms with Gasteiger partial charge in [-0.3, -0.25) is 14.3 Å². The van der Waals surface area contributed by atoms with Crippen molar-refractivity contribution in [3.05, 3.63) is 46.7 Å². The van der Waals surface area contributed by atoms with Gasteiger partial charge in [0.1, 0.15) is 6.04 Å². The van der Waals surface area contributed by atoms with E-state index in [-0.39, 0.29) is 17.7 Å². The quantitative estimate of drug-likeness (QED) is 0.841. The number of anilines is 1. The van der Waals surface area contributed by atoms with Gasteiger partial charge in [0.15, 0.2) is 5.78 Å². The van der Waals surface area contributed by atoms with Gasteiger partial charge in [-0.15, -0.1) is 0 Å². The lowest BCUT2D eigenvalue weighted by Gasteiger charge is -2.15. The zero-order chi connectivity index (χ0) is 15.4. The van der Waals surface area contributed by atoms with Crippen LogP contribution in [0.25, 0.3) is 0 Å². The fraction of sp³-hybridized carbons (Fsp3) is 0.267. The van der Waals surface area contributed by atoms with E-state index in [2.05, 4.69) is 26.3 Å². The first-order valence-electron chi connectivity index (χ1n) is 6.62. The molecule has 21 heavy (non-hydrogen) atoms. The summed E-state index contributed by atoms with van der Waals surface area (Å²) < 4.78 is 2.46. The Kier molecular flexibility index (Phi) is 4.90. The fourth-order valence-corrected chi connectivity index (χ4v) is 2.29. The number of rotatable bonds is 5. The van der Waals surface area contributed by atoms with Gasteiger partial charge < -0.3 is 5.32 Å². The van der Waals surface area contributed by atoms with Crippen LogP contribution in [0.4, 0.5) is 5.69 Å². The van der Waals surface area contributed by atoms with E-state index < -0.39 is 0 Å². The molecule has 0 aliphatic heterocycles. The second-order valence-electron chi connectivity index (χ2n) is 4.69. The van der Waals surface area contributed by atoms with Crippen molar-refractivity contribution in [2.45, 2.75) is 26.3 Å². The number of hydrogen-bond donors (Lipinski definition) is 1. The molecule has 1 aromatic carbocycles. The molecule has 1 amide bonds. The molecule has 2 aromatic rings. The van der Waals surface area contributed by atoms with Crippen molar-refractivity contribution >= 4 is 33.3 Å². The van der Waals surface area contributed by atoms with Gasteiger partial charge in [0, 0.05) is 17.4 Å². The van der Waals surface area contributed by atoms with Crippen LogP contribution in [0.5, 0.6) is 0 Å². The normalized spacial score (nSPS) is 12.0. The summed E-state index contributed by atoms with van der Waals surface area (Å²) in [4.78, 5) is 23.5. The minimum absolute atomic E-state index is 0.000651. The molecule has 0 spiro atoms. The van der Waals surface area contributed by atoms with Crippen molar-refractivity contribution in [3.63, 3.8) is 0 Å². The third-order valence-electron chi connectivity index (χ3n) is 3.14. The van der Waals surface area contributed by atoms with Crippen LogP contribution in [0.1, 0.15) is 36.7 Å². The molecule has 1 aromatic heterocycles. The summed E-state index contributed by atoms with van der Waals surface area (Å²) in [6, 6.07) is 6.47. The molecule has 1 unspecified atom stereocenters. The Morgan fingerprint density at radius 1 is 1.33 bits per heavy atom. The Hall–Kier alpha value is -1.95. The first-order valence-corrected chi connectivity index (χ1v) is 7.42. The summed E-state index contributed by atoms with van der Waals surface area (Å²) in [6.45, 7) is 3.44. The number of carbonyl (C=O) groups excluding carboxylic acids is 2. The monoisotopic (exact) mass is 349 g/mol. The van der Waals surface area contributed by atoms with E-state index in [9.17, 15) is 9.59 Å². The van der Waals surface area contributed by atoms with Gasteiger partial charge in [-0.1, -0.05) is 6.92 Å². The number of halogens is 1. The molecule has 0 bridgehead atoms. The van der Waals surface area contributed by atoms with Gasteiger partial charge in [0.25, 0.3) is 0 Å². The topological polar surface area (TPSA) is 64.0 Å². The van der Waals surface area contributed by atoms with Gasteiger partial charge in [-0.25, -0.2) is 0 Å². The first-order chi connectivity index (χ1) is 10.0. The van der Waals surface area contributed by atoms with Crippen LogP contribution in [0.2, 0.25) is 0 Å². The minimum atomic E-state index is -0.371. The molecule has 0 saturated heterocycles. The van der Waals surface area contributed by atoms with Crippen molar-refractivity contribution < 1.29 is 9.59 Å². The molecular weight excluding hydrogens is 334 g/mol. The highest BCUT2D eigenvalue weighted by Crippen LogP contribution is 2.18. The third-order valence-corrected chi connectivity index (χ3v) is 3.55. The molecule has 0 fully saturated rings. The molecule has 0 saturated carbocycles. The zero-order valence-electron chi connectivity index (χ0n) is 11.8. The predicted octanol–water partition coefficient (Wildman–Crippen LogP) is 3.44. The predicted molar refractivity (Wildman–Crippen MR) is 84.3 cm³/mol. The highest BCUT2D eigenvalue weighted by Gasteiger charge is 2.19. The fourth-order valence-electron chi connectivity index (χ4n) is 1.99. The summed E-state index contributed by atoms with van der Waals surface area (Å²) in [5.74, 6) is -0.135. The van der Waals surface area contributed by atoms with Crippen molar-refractivity contribution in [2.24, 2.45) is 0 Å². The molecule has 6 heteroatoms. The molecule has 0 aliphatic carbocycles. The van der Waals surface area contributed by atoms with Crippen LogP contribution in [0.15, 0.2) is 41.1 Å². The Labute approximate surface area is 131 Å². The first kappa shape index (κ1) is 15.4. The van der Waals surface area contributed by atoms with Crippen LogP contribution in [0, 0.1) is 0 Å². The number of benzene rings is 1. The SMILES string of the molecule is CCC(C(=O)Nc1ccc(C(C)=O)cc1)n1cc(Br)cn1. The van der Waals surface area contributed by atoms with E-state index in [1.807, 2.05) is 6.92 Å². The van der Waals surface area contributed by atoms with Crippen molar-refractivity contribution in [1.82, 2.24) is 9.78 Å². The van der Waals surface area contributed by atoms with Crippen LogP contribution in [0.3, 0.4) is 0 Å². The van der Waals surface area contributed by atoms with Gasteiger partial charge >= 0.3 is 0 Å². The maximum absolute atomic E-state index is 12.3. The van der Waals surface area contributed by atoms with E-state index in [0.717, 1.165) is 4.47 Å². The lowest BCUT2D eigenvalue weighted by atomic mass is 10.1. The van der Waals surface area contributed by atoms with Crippen LogP contribution in [-0.4, -0.2) is 21.5 Å². The number of ketones is 1. The van der Waals surface area contributed by atoms with E-state index in [1.54, 1.807) is 41.3 Å². The van der Waals surface area contributed by atoms with Crippen molar-refractivity contribution in [3.8, 4) is 0 Å². The van der Waals surface area contributed by atoms with E-state index in [1.165, 1.54) is 6.92 Å². The number of Topliss-reactive ketones (excluding diaryl/α,β-unsaturated/α-hetero) is 1. The summed E-state index contributed by atoms with van der Waals surface area (Å²) in [5, 5.41) is 6.99. The van der Waals surface area contributed by atoms with Crippen molar-refractivity contribution in [1.29, 1.82) is 0 Å². The van der Waals surface area contributed by atoms with Crippen LogP contribution < -0.4 is 5.32 Å². The Morgan fingerprint density at radius 2 is 2.00 bits per heavy atom. The number of hydrogen-bond acceptors (Lipinski definition) is 3. The molecule has 5 nitrogen and oxygen atoms in total. The third kappa shape index (κ3) is 3.78. The van der Waals surface area contributed by atoms with Gasteiger partial charge in [0.05, 0.1) is 10.7 Å². The number of nitrogens with one attached hydrogen (secondary N) is 1. The van der Waals surface area contributed by atoms with Crippen molar-refractivity contribution in [2.75, 3.05) is 5.32 Å².